The summed E-state index contributed by atoms with van der Waals surface area (Å²) < 4.78 is 15.9. The molecule has 4 rings (SSSR count). The van der Waals surface area contributed by atoms with E-state index < -0.39 is 41.5 Å². The third-order valence-corrected chi connectivity index (χ3v) is 8.01. The van der Waals surface area contributed by atoms with Crippen molar-refractivity contribution in [2.24, 2.45) is 10.9 Å². The lowest BCUT2D eigenvalue weighted by Gasteiger charge is -2.26. The summed E-state index contributed by atoms with van der Waals surface area (Å²) in [7, 11) is 1.52. The number of epoxide rings is 1. The monoisotopic (exact) mass is 598 g/mol. The molecule has 2 saturated heterocycles. The normalized spacial score (nSPS) is 23.1. The third kappa shape index (κ3) is 9.02. The van der Waals surface area contributed by atoms with Crippen LogP contribution in [0.2, 0.25) is 0 Å². The molecule has 0 saturated carbocycles. The van der Waals surface area contributed by atoms with Gasteiger partial charge in [0.05, 0.1) is 45.6 Å². The zero-order chi connectivity index (χ0) is 31.0. The maximum absolute atomic E-state index is 13.7. The number of carbonyl (C=O) groups is 4. The summed E-state index contributed by atoms with van der Waals surface area (Å²) in [4.78, 5) is 58.3. The molecule has 2 fully saturated rings. The summed E-state index contributed by atoms with van der Waals surface area (Å²) in [5.74, 6) is -2.66. The maximum Gasteiger partial charge on any atom is 0.267 e. The standard InChI is InChI=1S/C31H42N4O8/c1-20(33-26(36)18-35-12-14-42-15-13-35)29(39)32-17-24(27(37)22-8-10-23(41-3)11-9-22)30(40)34-25(16-21-6-4-5-7-21)28(38)31(2)19-43-31/h6,8-11,17,20,24-25,27,37H,4-5,7,12-16,18-19H2,1-3H3,(H,33,36)(H,34,40)/t20-,24?,25-,27+,31+/m0/s1. The topological polar surface area (TPSA) is 159 Å². The molecule has 1 aliphatic carbocycles. The first-order valence-corrected chi connectivity index (χ1v) is 14.8. The average molecular weight is 599 g/mol. The zero-order valence-corrected chi connectivity index (χ0v) is 25.0. The van der Waals surface area contributed by atoms with E-state index in [2.05, 4.69) is 21.7 Å². The van der Waals surface area contributed by atoms with Gasteiger partial charge in [0.1, 0.15) is 23.3 Å². The SMILES string of the molecule is COc1ccc([C@@H](O)C(C=NC(=O)[C@H](C)NC(=O)CN2CCOCC2)C(=O)N[C@@H](CC2=CCCC2)C(=O)[C@@]2(C)CO2)cc1. The fourth-order valence-electron chi connectivity index (χ4n) is 5.16. The third-order valence-electron chi connectivity index (χ3n) is 8.01. The number of ketones is 1. The number of hydrogen-bond donors (Lipinski definition) is 3. The molecule has 43 heavy (non-hydrogen) atoms. The minimum atomic E-state index is -1.39. The van der Waals surface area contributed by atoms with Crippen molar-refractivity contribution in [2.45, 2.75) is 63.3 Å². The Balaban J connectivity index is 1.49. The maximum atomic E-state index is 13.7. The van der Waals surface area contributed by atoms with Gasteiger partial charge in [-0.2, -0.15) is 0 Å². The van der Waals surface area contributed by atoms with Crippen LogP contribution in [-0.2, 0) is 28.7 Å². The molecule has 3 N–H and O–H groups in total. The highest BCUT2D eigenvalue weighted by Gasteiger charge is 2.50. The number of nitrogens with one attached hydrogen (secondary N) is 2. The molecule has 0 radical (unpaired) electrons. The van der Waals surface area contributed by atoms with E-state index in [-0.39, 0.29) is 24.8 Å². The van der Waals surface area contributed by atoms with E-state index in [0.717, 1.165) is 31.1 Å². The number of carbonyl (C=O) groups excluding carboxylic acids is 4. The van der Waals surface area contributed by atoms with E-state index in [9.17, 15) is 24.3 Å². The van der Waals surface area contributed by atoms with Crippen molar-refractivity contribution < 1.29 is 38.5 Å². The van der Waals surface area contributed by atoms with E-state index in [4.69, 9.17) is 14.2 Å². The molecular formula is C31H42N4O8. The minimum absolute atomic E-state index is 0.125. The van der Waals surface area contributed by atoms with Crippen LogP contribution in [0.25, 0.3) is 0 Å². The molecule has 0 spiro atoms. The number of rotatable bonds is 14. The Hall–Kier alpha value is -3.45. The molecule has 0 bridgehead atoms. The van der Waals surface area contributed by atoms with Crippen LogP contribution in [0.1, 0.15) is 51.2 Å². The average Bonchev–Trinajstić information content (AvgIpc) is 3.54. The Labute approximate surface area is 251 Å². The molecule has 3 amide bonds. The summed E-state index contributed by atoms with van der Waals surface area (Å²) in [6.07, 6.45) is 4.89. The van der Waals surface area contributed by atoms with Crippen LogP contribution in [0.5, 0.6) is 5.75 Å². The Kier molecular flexibility index (Phi) is 11.2. The van der Waals surface area contributed by atoms with Crippen LogP contribution in [-0.4, -0.2) is 104 Å². The van der Waals surface area contributed by atoms with E-state index in [1.165, 1.54) is 14.0 Å². The van der Waals surface area contributed by atoms with Crippen LogP contribution in [0, 0.1) is 5.92 Å². The van der Waals surface area contributed by atoms with Crippen molar-refractivity contribution in [3.63, 3.8) is 0 Å². The molecule has 1 unspecified atom stereocenters. The Morgan fingerprint density at radius 1 is 1.16 bits per heavy atom. The van der Waals surface area contributed by atoms with E-state index in [1.807, 2.05) is 4.90 Å². The number of aliphatic hydroxyl groups excluding tert-OH is 1. The smallest absolute Gasteiger partial charge is 0.267 e. The van der Waals surface area contributed by atoms with Crippen molar-refractivity contribution in [3.8, 4) is 5.75 Å². The van der Waals surface area contributed by atoms with Crippen LogP contribution in [0.15, 0.2) is 40.9 Å². The van der Waals surface area contributed by atoms with Gasteiger partial charge < -0.3 is 30.0 Å². The number of hydrogen-bond acceptors (Lipinski definition) is 9. The zero-order valence-electron chi connectivity index (χ0n) is 25.0. The first-order valence-electron chi connectivity index (χ1n) is 14.8. The summed E-state index contributed by atoms with van der Waals surface area (Å²) in [6.45, 7) is 5.94. The molecular weight excluding hydrogens is 556 g/mol. The first kappa shape index (κ1) is 32.5. The Morgan fingerprint density at radius 3 is 2.47 bits per heavy atom. The molecule has 2 heterocycles. The lowest BCUT2D eigenvalue weighted by molar-refractivity contribution is -0.132. The van der Waals surface area contributed by atoms with E-state index in [0.29, 0.717) is 44.0 Å². The van der Waals surface area contributed by atoms with Gasteiger partial charge in [0.15, 0.2) is 5.78 Å². The fourth-order valence-corrected chi connectivity index (χ4v) is 5.16. The second kappa shape index (κ2) is 14.8. The summed E-state index contributed by atoms with van der Waals surface area (Å²) in [6, 6.07) is 4.69. The molecule has 12 heteroatoms. The number of benzene rings is 1. The van der Waals surface area contributed by atoms with Crippen molar-refractivity contribution in [3.05, 3.63) is 41.5 Å². The predicted octanol–water partition coefficient (Wildman–Crippen LogP) is 1.12. The van der Waals surface area contributed by atoms with Crippen LogP contribution in [0.4, 0.5) is 0 Å². The van der Waals surface area contributed by atoms with E-state index in [1.54, 1.807) is 31.2 Å². The van der Waals surface area contributed by atoms with Crippen LogP contribution < -0.4 is 15.4 Å². The van der Waals surface area contributed by atoms with Crippen molar-refractivity contribution >= 4 is 29.7 Å². The number of allylic oxidation sites excluding steroid dienone is 1. The lowest BCUT2D eigenvalue weighted by Crippen LogP contribution is -2.49. The quantitative estimate of drug-likeness (QED) is 0.162. The number of ether oxygens (including phenoxy) is 3. The lowest BCUT2D eigenvalue weighted by atomic mass is 9.92. The number of Topliss-reactive ketones (excluding diaryl/α,β-unsaturated/α-hetero) is 1. The second-order valence-corrected chi connectivity index (χ2v) is 11.4. The van der Waals surface area contributed by atoms with Crippen LogP contribution in [0.3, 0.4) is 0 Å². The van der Waals surface area contributed by atoms with Gasteiger partial charge in [-0.1, -0.05) is 23.8 Å². The summed E-state index contributed by atoms with van der Waals surface area (Å²) >= 11 is 0. The molecule has 0 aromatic heterocycles. The molecule has 234 valence electrons. The summed E-state index contributed by atoms with van der Waals surface area (Å²) in [5, 5.41) is 16.7. The van der Waals surface area contributed by atoms with Gasteiger partial charge in [0.2, 0.25) is 11.8 Å². The van der Waals surface area contributed by atoms with Gasteiger partial charge >= 0.3 is 0 Å². The van der Waals surface area contributed by atoms with Gasteiger partial charge in [-0.05, 0) is 57.2 Å². The summed E-state index contributed by atoms with van der Waals surface area (Å²) in [5.41, 5.74) is 0.520. The van der Waals surface area contributed by atoms with Crippen molar-refractivity contribution in [2.75, 3.05) is 46.6 Å². The molecule has 5 atom stereocenters. The fraction of sp³-hybridized carbons (Fsp3) is 0.581. The highest BCUT2D eigenvalue weighted by Crippen LogP contribution is 2.32. The van der Waals surface area contributed by atoms with Gasteiger partial charge in [-0.25, -0.2) is 4.99 Å². The highest BCUT2D eigenvalue weighted by molar-refractivity contribution is 6.02. The number of morpholine rings is 1. The molecule has 12 nitrogen and oxygen atoms in total. The second-order valence-electron chi connectivity index (χ2n) is 11.4. The Morgan fingerprint density at radius 2 is 1.86 bits per heavy atom. The van der Waals surface area contributed by atoms with Gasteiger partial charge in [-0.15, -0.1) is 0 Å². The van der Waals surface area contributed by atoms with E-state index >= 15 is 0 Å². The molecule has 2 aliphatic heterocycles. The van der Waals surface area contributed by atoms with Gasteiger partial charge in [-0.3, -0.25) is 24.1 Å². The molecule has 1 aromatic rings. The predicted molar refractivity (Wildman–Crippen MR) is 158 cm³/mol. The Bertz CT molecular complexity index is 1220. The first-order chi connectivity index (χ1) is 20.6. The van der Waals surface area contributed by atoms with Crippen LogP contribution >= 0.6 is 0 Å². The molecule has 3 aliphatic rings. The van der Waals surface area contributed by atoms with Gasteiger partial charge in [0, 0.05) is 19.3 Å². The largest absolute Gasteiger partial charge is 0.497 e. The molecule has 1 aromatic carbocycles. The number of aliphatic hydroxyl groups is 1. The van der Waals surface area contributed by atoms with Crippen molar-refractivity contribution in [1.82, 2.24) is 15.5 Å². The van der Waals surface area contributed by atoms with Gasteiger partial charge in [0.25, 0.3) is 5.91 Å². The number of aliphatic imine (C=N–C) groups is 1. The number of nitrogens with zero attached hydrogens (tertiary/aromatic N) is 2. The number of amides is 3. The van der Waals surface area contributed by atoms with Crippen molar-refractivity contribution in [1.29, 1.82) is 0 Å². The minimum Gasteiger partial charge on any atom is -0.497 e. The number of methoxy groups -OCH3 is 1. The highest BCUT2D eigenvalue weighted by atomic mass is 16.6.